The molecule has 0 amide bonds. The Morgan fingerprint density at radius 1 is 0.745 bits per heavy atom. The lowest BCUT2D eigenvalue weighted by Crippen LogP contribution is -2.63. The Morgan fingerprint density at radius 3 is 1.96 bits per heavy atom. The lowest BCUT2D eigenvalue weighted by molar-refractivity contribution is -0.288. The first-order valence-electron chi connectivity index (χ1n) is 15.1. The molecule has 47 heavy (non-hydrogen) atoms. The molecule has 1 saturated carbocycles. The van der Waals surface area contributed by atoms with E-state index in [1.807, 2.05) is 0 Å². The van der Waals surface area contributed by atoms with Crippen LogP contribution in [0, 0.1) is 5.92 Å². The molecule has 0 bridgehead atoms. The number of ether oxygens (including phenoxy) is 8. The summed E-state index contributed by atoms with van der Waals surface area (Å²) in [6.45, 7) is 7.34. The van der Waals surface area contributed by atoms with E-state index >= 15 is 0 Å². The number of hydrogen-bond acceptors (Lipinski definition) is 15. The first-order valence-corrected chi connectivity index (χ1v) is 15.1. The lowest BCUT2D eigenvalue weighted by atomic mass is 9.89. The highest BCUT2D eigenvalue weighted by Gasteiger charge is 2.53. The van der Waals surface area contributed by atoms with Crippen LogP contribution in [0.1, 0.15) is 67.2 Å². The van der Waals surface area contributed by atoms with E-state index in [1.165, 1.54) is 18.2 Å². The molecule has 2 aliphatic rings. The molecule has 1 aliphatic heterocycles. The Morgan fingerprint density at radius 2 is 1.36 bits per heavy atom. The van der Waals surface area contributed by atoms with Gasteiger partial charge >= 0.3 is 35.5 Å². The fourth-order valence-electron chi connectivity index (χ4n) is 5.49. The second kappa shape index (κ2) is 15.3. The number of rotatable bonds is 10. The smallest absolute Gasteiger partial charge is 0.383 e. The van der Waals surface area contributed by atoms with Crippen LogP contribution in [0.2, 0.25) is 0 Å². The van der Waals surface area contributed by atoms with E-state index in [4.69, 9.17) is 42.3 Å². The highest BCUT2D eigenvalue weighted by Crippen LogP contribution is 2.39. The standard InChI is InChI=1S/C32H38O15/c1-15-7-9-21(10-8-15)44-26-23-12-11-22(13-24(23)46-31(38)29(26)42-19(5)36)45-32-30(43-20(6)37)28(41-18(4)35)27(40-17(3)34)25(47-32)14-39-16(2)33/h11-13,15,21,25,27-28,30,32H,7-10,14H2,1-6H3/t15?,21?,25-,27-,28+,30+,32+/m1/s1. The quantitative estimate of drug-likeness (QED) is 0.205. The summed E-state index contributed by atoms with van der Waals surface area (Å²) in [7, 11) is 0. The molecule has 0 unspecified atom stereocenters. The van der Waals surface area contributed by atoms with E-state index in [9.17, 15) is 28.8 Å². The molecule has 1 aliphatic carbocycles. The van der Waals surface area contributed by atoms with Crippen LogP contribution in [-0.4, -0.2) is 73.3 Å². The molecule has 1 saturated heterocycles. The second-order valence-corrected chi connectivity index (χ2v) is 11.5. The predicted molar refractivity (Wildman–Crippen MR) is 158 cm³/mol. The number of carbonyl (C=O) groups is 5. The molecule has 15 nitrogen and oxygen atoms in total. The molecule has 2 fully saturated rings. The Kier molecular flexibility index (Phi) is 11.4. The van der Waals surface area contributed by atoms with Crippen LogP contribution in [0.15, 0.2) is 27.4 Å². The van der Waals surface area contributed by atoms with Crippen LogP contribution in [0.4, 0.5) is 0 Å². The predicted octanol–water partition coefficient (Wildman–Crippen LogP) is 3.14. The normalized spacial score (nSPS) is 25.6. The molecule has 15 heteroatoms. The SMILES string of the molecule is CC(=O)OC[C@H]1O[C@H](Oc2ccc3c(OC4CCC(C)CC4)c(OC(C)=O)c(=O)oc3c2)[C@@H](OC(C)=O)[C@@H](OC(C)=O)[C@@H]1OC(C)=O. The van der Waals surface area contributed by atoms with E-state index in [0.717, 1.165) is 60.3 Å². The fourth-order valence-corrected chi connectivity index (χ4v) is 5.49. The zero-order valence-electron chi connectivity index (χ0n) is 26.9. The van der Waals surface area contributed by atoms with E-state index < -0.39 is 72.8 Å². The molecular formula is C32H38O15. The number of esters is 5. The van der Waals surface area contributed by atoms with Crippen molar-refractivity contribution < 1.29 is 66.3 Å². The maximum atomic E-state index is 13.0. The van der Waals surface area contributed by atoms with Crippen LogP contribution in [0.3, 0.4) is 0 Å². The second-order valence-electron chi connectivity index (χ2n) is 11.5. The van der Waals surface area contributed by atoms with E-state index in [0.29, 0.717) is 11.3 Å². The summed E-state index contributed by atoms with van der Waals surface area (Å²) in [6.07, 6.45) is -3.90. The van der Waals surface area contributed by atoms with Crippen LogP contribution in [0.25, 0.3) is 11.0 Å². The fraction of sp³-hybridized carbons (Fsp3) is 0.562. The minimum atomic E-state index is -1.51. The largest absolute Gasteiger partial charge is 0.485 e. The van der Waals surface area contributed by atoms with Gasteiger partial charge in [0.25, 0.3) is 5.75 Å². The molecule has 5 atom stereocenters. The third kappa shape index (κ3) is 9.21. The van der Waals surface area contributed by atoms with Crippen molar-refractivity contribution >= 4 is 40.8 Å². The van der Waals surface area contributed by atoms with Crippen molar-refractivity contribution in [1.82, 2.24) is 0 Å². The Balaban J connectivity index is 1.73. The topological polar surface area (TPSA) is 189 Å². The van der Waals surface area contributed by atoms with Crippen molar-refractivity contribution in [3.8, 4) is 17.2 Å². The van der Waals surface area contributed by atoms with Crippen molar-refractivity contribution in [3.63, 3.8) is 0 Å². The zero-order chi connectivity index (χ0) is 34.4. The summed E-state index contributed by atoms with van der Waals surface area (Å²) in [5.41, 5.74) is -0.954. The van der Waals surface area contributed by atoms with Gasteiger partial charge in [0.1, 0.15) is 24.0 Å². The molecule has 2 heterocycles. The van der Waals surface area contributed by atoms with Gasteiger partial charge in [-0.05, 0) is 43.7 Å². The number of hydrogen-bond donors (Lipinski definition) is 0. The average Bonchev–Trinajstić information content (AvgIpc) is 2.97. The molecule has 0 radical (unpaired) electrons. The first-order chi connectivity index (χ1) is 22.2. The molecule has 4 rings (SSSR count). The molecule has 256 valence electrons. The van der Waals surface area contributed by atoms with E-state index in [-0.39, 0.29) is 28.9 Å². The molecule has 2 aromatic rings. The number of benzene rings is 1. The van der Waals surface area contributed by atoms with Crippen molar-refractivity contribution in [2.75, 3.05) is 6.61 Å². The Hall–Kier alpha value is -4.66. The van der Waals surface area contributed by atoms with Gasteiger partial charge in [0.15, 0.2) is 18.0 Å². The lowest BCUT2D eigenvalue weighted by Gasteiger charge is -2.43. The van der Waals surface area contributed by atoms with Crippen LogP contribution >= 0.6 is 0 Å². The molecule has 1 aromatic carbocycles. The number of carbonyl (C=O) groups excluding carboxylic acids is 5. The third-order valence-corrected chi connectivity index (χ3v) is 7.49. The van der Waals surface area contributed by atoms with Gasteiger partial charge in [-0.2, -0.15) is 0 Å². The molecule has 1 aromatic heterocycles. The maximum absolute atomic E-state index is 13.0. The van der Waals surface area contributed by atoms with Crippen LogP contribution in [-0.2, 0) is 47.7 Å². The minimum Gasteiger partial charge on any atom is -0.485 e. The van der Waals surface area contributed by atoms with Gasteiger partial charge in [0.05, 0.1) is 11.5 Å². The van der Waals surface area contributed by atoms with E-state index in [2.05, 4.69) is 6.92 Å². The summed E-state index contributed by atoms with van der Waals surface area (Å²) >= 11 is 0. The summed E-state index contributed by atoms with van der Waals surface area (Å²) in [5.74, 6) is -3.53. The average molecular weight is 663 g/mol. The highest BCUT2D eigenvalue weighted by molar-refractivity contribution is 5.87. The molecule has 0 spiro atoms. The van der Waals surface area contributed by atoms with Gasteiger partial charge < -0.3 is 42.3 Å². The molecule has 0 N–H and O–H groups in total. The summed E-state index contributed by atoms with van der Waals surface area (Å²) in [4.78, 5) is 72.7. The van der Waals surface area contributed by atoms with Gasteiger partial charge in [0, 0.05) is 40.7 Å². The van der Waals surface area contributed by atoms with Crippen molar-refractivity contribution in [2.45, 2.75) is 104 Å². The van der Waals surface area contributed by atoms with Gasteiger partial charge in [-0.15, -0.1) is 0 Å². The van der Waals surface area contributed by atoms with E-state index in [1.54, 1.807) is 0 Å². The minimum absolute atomic E-state index is 0.00761. The zero-order valence-corrected chi connectivity index (χ0v) is 26.9. The van der Waals surface area contributed by atoms with Crippen molar-refractivity contribution in [3.05, 3.63) is 28.6 Å². The summed E-state index contributed by atoms with van der Waals surface area (Å²) in [5, 5.41) is 0.313. The number of fused-ring (bicyclic) bond motifs is 1. The first kappa shape index (κ1) is 35.2. The maximum Gasteiger partial charge on any atom is 0.383 e. The van der Waals surface area contributed by atoms with Crippen LogP contribution < -0.4 is 19.8 Å². The van der Waals surface area contributed by atoms with Gasteiger partial charge in [-0.1, -0.05) is 6.92 Å². The monoisotopic (exact) mass is 662 g/mol. The van der Waals surface area contributed by atoms with Crippen molar-refractivity contribution in [2.24, 2.45) is 5.92 Å². The third-order valence-electron chi connectivity index (χ3n) is 7.49. The van der Waals surface area contributed by atoms with Gasteiger partial charge in [-0.3, -0.25) is 24.0 Å². The Labute approximate surface area is 269 Å². The summed E-state index contributed by atoms with van der Waals surface area (Å²) in [6, 6.07) is 4.34. The highest BCUT2D eigenvalue weighted by atomic mass is 16.7. The van der Waals surface area contributed by atoms with Crippen molar-refractivity contribution in [1.29, 1.82) is 0 Å². The van der Waals surface area contributed by atoms with Gasteiger partial charge in [0.2, 0.25) is 12.4 Å². The summed E-state index contributed by atoms with van der Waals surface area (Å²) < 4.78 is 50.3. The van der Waals surface area contributed by atoms with Crippen LogP contribution in [0.5, 0.6) is 17.2 Å². The molecular weight excluding hydrogens is 624 g/mol. The van der Waals surface area contributed by atoms with Gasteiger partial charge in [-0.25, -0.2) is 4.79 Å². The Bertz CT molecular complexity index is 1550.